The number of fused-ring (bicyclic) bond motifs is 3. The average molecular weight is 359 g/mol. The number of benzene rings is 3. The van der Waals surface area contributed by atoms with E-state index >= 15 is 0 Å². The van der Waals surface area contributed by atoms with Crippen molar-refractivity contribution < 1.29 is 4.79 Å². The van der Waals surface area contributed by atoms with E-state index < -0.39 is 5.54 Å². The first-order valence-electron chi connectivity index (χ1n) is 8.53. The second-order valence-electron chi connectivity index (χ2n) is 6.62. The molecule has 3 aromatic rings. The van der Waals surface area contributed by atoms with Gasteiger partial charge < -0.3 is 0 Å². The third-order valence-electron chi connectivity index (χ3n) is 5.17. The van der Waals surface area contributed by atoms with Crippen molar-refractivity contribution in [1.82, 2.24) is 0 Å². The fourth-order valence-electron chi connectivity index (χ4n) is 3.95. The highest BCUT2D eigenvalue weighted by Gasteiger charge is 2.56. The Morgan fingerprint density at radius 1 is 0.923 bits per heavy atom. The molecule has 3 aromatic carbocycles. The minimum Gasteiger partial charge on any atom is -0.291 e. The van der Waals surface area contributed by atoms with Crippen LogP contribution >= 0.6 is 11.6 Å². The van der Waals surface area contributed by atoms with E-state index in [2.05, 4.69) is 0 Å². The summed E-state index contributed by atoms with van der Waals surface area (Å²) in [5.74, 6) is 0.0517. The Morgan fingerprint density at radius 2 is 1.62 bits per heavy atom. The van der Waals surface area contributed by atoms with Gasteiger partial charge in [-0.2, -0.15) is 5.10 Å². The van der Waals surface area contributed by atoms with E-state index in [-0.39, 0.29) is 5.78 Å². The van der Waals surface area contributed by atoms with Crippen LogP contribution in [-0.2, 0) is 5.54 Å². The second-order valence-corrected chi connectivity index (χ2v) is 7.05. The molecule has 0 bridgehead atoms. The zero-order valence-electron chi connectivity index (χ0n) is 13.9. The standard InChI is InChI=1S/C22H15ClN2O/c23-17-11-12-20-18(13-17)21(26)22(16-9-5-2-6-10-16)14-19(24-25(20)22)15-7-3-1-4-8-15/h1-13H,14H2. The first-order chi connectivity index (χ1) is 12.7. The smallest absolute Gasteiger partial charge is 0.197 e. The molecule has 126 valence electrons. The van der Waals surface area contributed by atoms with Crippen LogP contribution < -0.4 is 5.01 Å². The lowest BCUT2D eigenvalue weighted by Crippen LogP contribution is -2.42. The van der Waals surface area contributed by atoms with E-state index in [0.717, 1.165) is 22.5 Å². The number of hydrazone groups is 1. The predicted octanol–water partition coefficient (Wildman–Crippen LogP) is 5.05. The van der Waals surface area contributed by atoms with Crippen molar-refractivity contribution in [2.45, 2.75) is 12.0 Å². The van der Waals surface area contributed by atoms with E-state index in [9.17, 15) is 4.79 Å². The summed E-state index contributed by atoms with van der Waals surface area (Å²) >= 11 is 6.15. The largest absolute Gasteiger partial charge is 0.291 e. The molecule has 4 heteroatoms. The normalized spacial score (nSPS) is 20.7. The number of anilines is 1. The lowest BCUT2D eigenvalue weighted by atomic mass is 9.81. The maximum atomic E-state index is 13.6. The van der Waals surface area contributed by atoms with Crippen LogP contribution in [0.3, 0.4) is 0 Å². The van der Waals surface area contributed by atoms with E-state index in [1.54, 1.807) is 6.07 Å². The van der Waals surface area contributed by atoms with Gasteiger partial charge in [-0.25, -0.2) is 5.01 Å². The number of ketones is 1. The van der Waals surface area contributed by atoms with Gasteiger partial charge in [-0.15, -0.1) is 0 Å². The van der Waals surface area contributed by atoms with Crippen LogP contribution in [-0.4, -0.2) is 11.5 Å². The van der Waals surface area contributed by atoms with Gasteiger partial charge in [0.2, 0.25) is 0 Å². The lowest BCUT2D eigenvalue weighted by Gasteiger charge is -2.30. The molecule has 0 N–H and O–H groups in total. The maximum Gasteiger partial charge on any atom is 0.197 e. The molecule has 0 radical (unpaired) electrons. The Bertz CT molecular complexity index is 1050. The van der Waals surface area contributed by atoms with Gasteiger partial charge in [-0.05, 0) is 29.3 Å². The van der Waals surface area contributed by atoms with E-state index in [4.69, 9.17) is 16.7 Å². The molecule has 26 heavy (non-hydrogen) atoms. The summed E-state index contributed by atoms with van der Waals surface area (Å²) in [7, 11) is 0. The Morgan fingerprint density at radius 3 is 2.35 bits per heavy atom. The highest BCUT2D eigenvalue weighted by Crippen LogP contribution is 2.51. The number of Topliss-reactive ketones (excluding diaryl/α,β-unsaturated/α-hetero) is 1. The highest BCUT2D eigenvalue weighted by molar-refractivity contribution is 6.32. The van der Waals surface area contributed by atoms with Crippen molar-refractivity contribution in [1.29, 1.82) is 0 Å². The zero-order valence-corrected chi connectivity index (χ0v) is 14.6. The fourth-order valence-corrected chi connectivity index (χ4v) is 4.12. The van der Waals surface area contributed by atoms with Crippen LogP contribution in [0.15, 0.2) is 84.0 Å². The molecule has 2 heterocycles. The first kappa shape index (κ1) is 15.4. The molecule has 0 spiro atoms. The number of rotatable bonds is 2. The van der Waals surface area contributed by atoms with Gasteiger partial charge in [0.25, 0.3) is 0 Å². The summed E-state index contributed by atoms with van der Waals surface area (Å²) in [5, 5.41) is 7.33. The second kappa shape index (κ2) is 5.55. The minimum atomic E-state index is -0.834. The molecular formula is C22H15ClN2O. The Labute approximate surface area is 156 Å². The minimum absolute atomic E-state index is 0.0517. The fraction of sp³-hybridized carbons (Fsp3) is 0.0909. The quantitative estimate of drug-likeness (QED) is 0.642. The van der Waals surface area contributed by atoms with Gasteiger partial charge in [-0.3, -0.25) is 4.79 Å². The van der Waals surface area contributed by atoms with Crippen LogP contribution in [0.4, 0.5) is 5.69 Å². The molecule has 2 aliphatic heterocycles. The molecule has 0 fully saturated rings. The lowest BCUT2D eigenvalue weighted by molar-refractivity contribution is 0.0908. The summed E-state index contributed by atoms with van der Waals surface area (Å²) < 4.78 is 0. The Kier molecular flexibility index (Phi) is 3.28. The molecule has 0 aliphatic carbocycles. The number of halogens is 1. The Balaban J connectivity index is 1.74. The van der Waals surface area contributed by atoms with E-state index in [1.807, 2.05) is 77.8 Å². The number of hydrogen-bond acceptors (Lipinski definition) is 3. The monoisotopic (exact) mass is 358 g/mol. The van der Waals surface area contributed by atoms with Crippen LogP contribution in [0.1, 0.15) is 27.9 Å². The molecule has 0 amide bonds. The molecular weight excluding hydrogens is 344 g/mol. The predicted molar refractivity (Wildman–Crippen MR) is 104 cm³/mol. The maximum absolute atomic E-state index is 13.6. The molecule has 1 unspecified atom stereocenters. The van der Waals surface area contributed by atoms with Crippen molar-refractivity contribution >= 4 is 28.8 Å². The van der Waals surface area contributed by atoms with Gasteiger partial charge in [0.15, 0.2) is 11.3 Å². The molecule has 0 saturated carbocycles. The topological polar surface area (TPSA) is 32.7 Å². The van der Waals surface area contributed by atoms with Crippen LogP contribution in [0.25, 0.3) is 0 Å². The van der Waals surface area contributed by atoms with E-state index in [0.29, 0.717) is 17.0 Å². The molecule has 3 nitrogen and oxygen atoms in total. The van der Waals surface area contributed by atoms with E-state index in [1.165, 1.54) is 0 Å². The van der Waals surface area contributed by atoms with Gasteiger partial charge in [0, 0.05) is 17.0 Å². The van der Waals surface area contributed by atoms with Gasteiger partial charge in [0.05, 0.1) is 11.4 Å². The highest BCUT2D eigenvalue weighted by atomic mass is 35.5. The van der Waals surface area contributed by atoms with Gasteiger partial charge in [-0.1, -0.05) is 72.3 Å². The van der Waals surface area contributed by atoms with Crippen molar-refractivity contribution in [3.63, 3.8) is 0 Å². The SMILES string of the molecule is O=C1c2cc(Cl)ccc2N2N=C(c3ccccc3)CC12c1ccccc1. The molecule has 0 saturated heterocycles. The van der Waals surface area contributed by atoms with Gasteiger partial charge >= 0.3 is 0 Å². The summed E-state index contributed by atoms with van der Waals surface area (Å²) in [5.41, 5.74) is 3.53. The summed E-state index contributed by atoms with van der Waals surface area (Å²) in [4.78, 5) is 13.6. The molecule has 0 aromatic heterocycles. The number of hydrogen-bond donors (Lipinski definition) is 0. The van der Waals surface area contributed by atoms with Crippen molar-refractivity contribution in [2.75, 3.05) is 5.01 Å². The number of carbonyl (C=O) groups is 1. The summed E-state index contributed by atoms with van der Waals surface area (Å²) in [6, 6.07) is 25.4. The van der Waals surface area contributed by atoms with Gasteiger partial charge in [0.1, 0.15) is 0 Å². The molecule has 2 aliphatic rings. The van der Waals surface area contributed by atoms with Crippen molar-refractivity contribution in [2.24, 2.45) is 5.10 Å². The third kappa shape index (κ3) is 2.01. The van der Waals surface area contributed by atoms with Crippen LogP contribution in [0.5, 0.6) is 0 Å². The summed E-state index contributed by atoms with van der Waals surface area (Å²) in [6.45, 7) is 0. The third-order valence-corrected chi connectivity index (χ3v) is 5.41. The first-order valence-corrected chi connectivity index (χ1v) is 8.91. The molecule has 5 rings (SSSR count). The Hall–Kier alpha value is -2.91. The van der Waals surface area contributed by atoms with Crippen LogP contribution in [0.2, 0.25) is 5.02 Å². The van der Waals surface area contributed by atoms with Crippen LogP contribution in [0, 0.1) is 0 Å². The summed E-state index contributed by atoms with van der Waals surface area (Å²) in [6.07, 6.45) is 0.534. The number of nitrogens with zero attached hydrogens (tertiary/aromatic N) is 2. The zero-order chi connectivity index (χ0) is 17.7. The van der Waals surface area contributed by atoms with Crippen molar-refractivity contribution in [3.8, 4) is 0 Å². The van der Waals surface area contributed by atoms with Crippen molar-refractivity contribution in [3.05, 3.63) is 101 Å². The average Bonchev–Trinajstić information content (AvgIpc) is 3.19. The number of carbonyl (C=O) groups excluding carboxylic acids is 1. The molecule has 1 atom stereocenters.